The van der Waals surface area contributed by atoms with Gasteiger partial charge in [-0.3, -0.25) is 0 Å². The van der Waals surface area contributed by atoms with E-state index in [-0.39, 0.29) is 0 Å². The lowest BCUT2D eigenvalue weighted by Gasteiger charge is -1.92. The van der Waals surface area contributed by atoms with E-state index < -0.39 is 0 Å². The first-order valence-corrected chi connectivity index (χ1v) is 4.54. The molecule has 0 fully saturated rings. The minimum atomic E-state index is 1.09. The maximum atomic E-state index is 3.42. The van der Waals surface area contributed by atoms with Gasteiger partial charge in [0.25, 0.3) is 0 Å². The van der Waals surface area contributed by atoms with Crippen molar-refractivity contribution in [3.63, 3.8) is 0 Å². The average Bonchev–Trinajstić information content (AvgIpc) is 2.01. The van der Waals surface area contributed by atoms with Crippen LogP contribution >= 0.6 is 15.9 Å². The van der Waals surface area contributed by atoms with Gasteiger partial charge in [0.05, 0.1) is 0 Å². The molecule has 0 saturated carbocycles. The van der Waals surface area contributed by atoms with Crippen LogP contribution in [-0.4, -0.2) is 0 Å². The number of benzene rings is 1. The zero-order valence-corrected chi connectivity index (χ0v) is 8.14. The Morgan fingerprint density at radius 3 is 2.91 bits per heavy atom. The third-order valence-corrected chi connectivity index (χ3v) is 1.89. The summed E-state index contributed by atoms with van der Waals surface area (Å²) in [7, 11) is 0. The summed E-state index contributed by atoms with van der Waals surface area (Å²) in [5.41, 5.74) is 1.25. The second-order valence-electron chi connectivity index (χ2n) is 2.37. The lowest BCUT2D eigenvalue weighted by Crippen LogP contribution is -1.70. The summed E-state index contributed by atoms with van der Waals surface area (Å²) in [4.78, 5) is 0. The zero-order valence-electron chi connectivity index (χ0n) is 6.55. The van der Waals surface area contributed by atoms with Gasteiger partial charge in [-0.05, 0) is 24.1 Å². The molecule has 0 aromatic heterocycles. The Bertz CT molecular complexity index is 251. The molecular formula is C10H11Br. The molecule has 0 spiro atoms. The van der Waals surface area contributed by atoms with Crippen LogP contribution in [0.3, 0.4) is 0 Å². The van der Waals surface area contributed by atoms with Crippen molar-refractivity contribution in [2.24, 2.45) is 0 Å². The van der Waals surface area contributed by atoms with E-state index in [4.69, 9.17) is 0 Å². The van der Waals surface area contributed by atoms with Crippen LogP contribution in [-0.2, 0) is 0 Å². The molecular weight excluding hydrogens is 200 g/mol. The highest BCUT2D eigenvalue weighted by Crippen LogP contribution is 2.12. The smallest absolute Gasteiger partial charge is 0.0181 e. The Morgan fingerprint density at radius 2 is 2.27 bits per heavy atom. The first-order valence-electron chi connectivity index (χ1n) is 3.75. The Balaban J connectivity index is 2.79. The molecule has 58 valence electrons. The Kier molecular flexibility index (Phi) is 3.37. The predicted octanol–water partition coefficient (Wildman–Crippen LogP) is 3.87. The molecule has 1 aromatic rings. The molecule has 0 amide bonds. The van der Waals surface area contributed by atoms with Crippen LogP contribution in [0.5, 0.6) is 0 Å². The van der Waals surface area contributed by atoms with E-state index in [1.54, 1.807) is 0 Å². The Labute approximate surface area is 76.1 Å². The maximum absolute atomic E-state index is 3.42. The normalized spacial score (nSPS) is 10.7. The van der Waals surface area contributed by atoms with Crippen LogP contribution in [0.15, 0.2) is 34.8 Å². The van der Waals surface area contributed by atoms with Crippen molar-refractivity contribution >= 4 is 22.0 Å². The van der Waals surface area contributed by atoms with Gasteiger partial charge in [-0.2, -0.15) is 0 Å². The van der Waals surface area contributed by atoms with Crippen LogP contribution in [0.2, 0.25) is 0 Å². The van der Waals surface area contributed by atoms with Crippen LogP contribution < -0.4 is 0 Å². The lowest BCUT2D eigenvalue weighted by molar-refractivity contribution is 1.23. The van der Waals surface area contributed by atoms with E-state index in [0.29, 0.717) is 0 Å². The third kappa shape index (κ3) is 2.89. The van der Waals surface area contributed by atoms with Gasteiger partial charge < -0.3 is 0 Å². The standard InChI is InChI=1S/C10H11Br/c1-2-3-5-9-6-4-7-10(11)8-9/h3-8H,2H2,1H3/b5-3-. The summed E-state index contributed by atoms with van der Waals surface area (Å²) in [6, 6.07) is 8.27. The van der Waals surface area contributed by atoms with Gasteiger partial charge in [-0.15, -0.1) is 0 Å². The molecule has 0 bridgehead atoms. The number of allylic oxidation sites excluding steroid dienone is 1. The Hall–Kier alpha value is -0.560. The molecule has 0 N–H and O–H groups in total. The highest BCUT2D eigenvalue weighted by molar-refractivity contribution is 9.10. The van der Waals surface area contributed by atoms with Crippen LogP contribution in [0.25, 0.3) is 6.08 Å². The minimum absolute atomic E-state index is 1.09. The van der Waals surface area contributed by atoms with Crippen molar-refractivity contribution < 1.29 is 0 Å². The number of rotatable bonds is 2. The van der Waals surface area contributed by atoms with Gasteiger partial charge in [0.2, 0.25) is 0 Å². The number of hydrogen-bond donors (Lipinski definition) is 0. The van der Waals surface area contributed by atoms with E-state index in [9.17, 15) is 0 Å². The van der Waals surface area contributed by atoms with Gasteiger partial charge in [-0.25, -0.2) is 0 Å². The molecule has 0 unspecified atom stereocenters. The van der Waals surface area contributed by atoms with Crippen molar-refractivity contribution in [2.45, 2.75) is 13.3 Å². The van der Waals surface area contributed by atoms with Crippen LogP contribution in [0.1, 0.15) is 18.9 Å². The van der Waals surface area contributed by atoms with Crippen molar-refractivity contribution in [2.75, 3.05) is 0 Å². The number of halogens is 1. The second kappa shape index (κ2) is 4.35. The SMILES string of the molecule is CC/C=C\c1cccc(Br)c1. The monoisotopic (exact) mass is 210 g/mol. The van der Waals surface area contributed by atoms with Crippen LogP contribution in [0.4, 0.5) is 0 Å². The summed E-state index contributed by atoms with van der Waals surface area (Å²) in [5, 5.41) is 0. The van der Waals surface area contributed by atoms with E-state index in [1.807, 2.05) is 12.1 Å². The quantitative estimate of drug-likeness (QED) is 0.696. The summed E-state index contributed by atoms with van der Waals surface area (Å²) in [6.45, 7) is 2.13. The van der Waals surface area contributed by atoms with Gasteiger partial charge in [-0.1, -0.05) is 47.1 Å². The molecule has 0 saturated heterocycles. The molecule has 0 radical (unpaired) electrons. The fraction of sp³-hybridized carbons (Fsp3) is 0.200. The molecule has 0 aliphatic heterocycles. The summed E-state index contributed by atoms with van der Waals surface area (Å²) < 4.78 is 1.13. The first-order chi connectivity index (χ1) is 5.33. The predicted molar refractivity (Wildman–Crippen MR) is 53.5 cm³/mol. The van der Waals surface area contributed by atoms with Gasteiger partial charge in [0, 0.05) is 4.47 Å². The van der Waals surface area contributed by atoms with Crippen molar-refractivity contribution in [1.82, 2.24) is 0 Å². The van der Waals surface area contributed by atoms with Crippen molar-refractivity contribution in [3.05, 3.63) is 40.4 Å². The fourth-order valence-corrected chi connectivity index (χ4v) is 1.28. The molecule has 0 aliphatic rings. The van der Waals surface area contributed by atoms with Gasteiger partial charge >= 0.3 is 0 Å². The highest BCUT2D eigenvalue weighted by atomic mass is 79.9. The van der Waals surface area contributed by atoms with E-state index in [1.165, 1.54) is 5.56 Å². The van der Waals surface area contributed by atoms with E-state index in [2.05, 4.69) is 47.1 Å². The Morgan fingerprint density at radius 1 is 1.45 bits per heavy atom. The summed E-state index contributed by atoms with van der Waals surface area (Å²) >= 11 is 3.42. The fourth-order valence-electron chi connectivity index (χ4n) is 0.864. The van der Waals surface area contributed by atoms with Gasteiger partial charge in [0.15, 0.2) is 0 Å². The molecule has 11 heavy (non-hydrogen) atoms. The highest BCUT2D eigenvalue weighted by Gasteiger charge is 1.86. The zero-order chi connectivity index (χ0) is 8.10. The second-order valence-corrected chi connectivity index (χ2v) is 3.28. The summed E-state index contributed by atoms with van der Waals surface area (Å²) in [6.07, 6.45) is 5.37. The molecule has 1 heteroatoms. The molecule has 0 nitrogen and oxygen atoms in total. The molecule has 0 aliphatic carbocycles. The largest absolute Gasteiger partial charge is 0.0842 e. The first kappa shape index (κ1) is 8.54. The number of hydrogen-bond acceptors (Lipinski definition) is 0. The van der Waals surface area contributed by atoms with Gasteiger partial charge in [0.1, 0.15) is 0 Å². The third-order valence-electron chi connectivity index (χ3n) is 1.39. The molecule has 0 heterocycles. The molecule has 0 atom stereocenters. The van der Waals surface area contributed by atoms with E-state index >= 15 is 0 Å². The summed E-state index contributed by atoms with van der Waals surface area (Å²) in [5.74, 6) is 0. The van der Waals surface area contributed by atoms with Crippen LogP contribution in [0, 0.1) is 0 Å². The van der Waals surface area contributed by atoms with E-state index in [0.717, 1.165) is 10.9 Å². The molecule has 1 rings (SSSR count). The lowest BCUT2D eigenvalue weighted by atomic mass is 10.2. The maximum Gasteiger partial charge on any atom is 0.0181 e. The van der Waals surface area contributed by atoms with Crippen molar-refractivity contribution in [1.29, 1.82) is 0 Å². The molecule has 1 aromatic carbocycles. The average molecular weight is 211 g/mol. The van der Waals surface area contributed by atoms with Crippen molar-refractivity contribution in [3.8, 4) is 0 Å². The minimum Gasteiger partial charge on any atom is -0.0842 e. The topological polar surface area (TPSA) is 0 Å².